The van der Waals surface area contributed by atoms with Crippen molar-refractivity contribution in [1.82, 2.24) is 15.1 Å². The predicted octanol–water partition coefficient (Wildman–Crippen LogP) is 1.22. The molecule has 1 aliphatic heterocycles. The number of nitrogens with one attached hydrogen (secondary N) is 1. The van der Waals surface area contributed by atoms with E-state index in [9.17, 15) is 14.7 Å². The van der Waals surface area contributed by atoms with E-state index in [2.05, 4.69) is 10.2 Å². The standard InChI is InChI=1S/C14H27N3O3/c1-14(2,3)11(12(18)19)15-13(20)17-8-6-7-10(17)9-16(4)5/h10-11H,6-9H2,1-5H3,(H,15,20)(H,18,19). The Hall–Kier alpha value is -1.30. The molecule has 6 nitrogen and oxygen atoms in total. The highest BCUT2D eigenvalue weighted by Crippen LogP contribution is 2.22. The lowest BCUT2D eigenvalue weighted by Crippen LogP contribution is -2.55. The Kier molecular flexibility index (Phi) is 5.39. The molecular formula is C14H27N3O3. The first-order valence-corrected chi connectivity index (χ1v) is 7.07. The molecule has 0 radical (unpaired) electrons. The number of carbonyl (C=O) groups excluding carboxylic acids is 1. The Labute approximate surface area is 121 Å². The van der Waals surface area contributed by atoms with E-state index in [1.807, 2.05) is 34.9 Å². The topological polar surface area (TPSA) is 72.9 Å². The van der Waals surface area contributed by atoms with E-state index >= 15 is 0 Å². The molecule has 0 aromatic heterocycles. The van der Waals surface area contributed by atoms with Gasteiger partial charge in [0.05, 0.1) is 0 Å². The number of urea groups is 1. The Morgan fingerprint density at radius 3 is 2.45 bits per heavy atom. The van der Waals surface area contributed by atoms with Crippen molar-refractivity contribution in [2.24, 2.45) is 5.41 Å². The van der Waals surface area contributed by atoms with Crippen LogP contribution in [0.5, 0.6) is 0 Å². The zero-order valence-electron chi connectivity index (χ0n) is 13.1. The first-order chi connectivity index (χ1) is 9.12. The minimum atomic E-state index is -0.991. The summed E-state index contributed by atoms with van der Waals surface area (Å²) in [6, 6.07) is -0.980. The number of carboxylic acid groups (broad SMARTS) is 1. The molecule has 0 aromatic carbocycles. The molecule has 0 aromatic rings. The smallest absolute Gasteiger partial charge is 0.326 e. The van der Waals surface area contributed by atoms with Gasteiger partial charge >= 0.3 is 12.0 Å². The molecule has 1 heterocycles. The van der Waals surface area contributed by atoms with Crippen LogP contribution in [0, 0.1) is 5.41 Å². The van der Waals surface area contributed by atoms with Crippen LogP contribution in [0.4, 0.5) is 4.79 Å². The lowest BCUT2D eigenvalue weighted by Gasteiger charge is -2.32. The maximum Gasteiger partial charge on any atom is 0.326 e. The zero-order chi connectivity index (χ0) is 15.5. The van der Waals surface area contributed by atoms with Crippen LogP contribution in [0.2, 0.25) is 0 Å². The van der Waals surface area contributed by atoms with E-state index in [4.69, 9.17) is 0 Å². The van der Waals surface area contributed by atoms with Crippen LogP contribution < -0.4 is 5.32 Å². The lowest BCUT2D eigenvalue weighted by atomic mass is 9.87. The normalized spacial score (nSPS) is 21.1. The van der Waals surface area contributed by atoms with Crippen molar-refractivity contribution in [2.75, 3.05) is 27.2 Å². The van der Waals surface area contributed by atoms with Crippen molar-refractivity contribution < 1.29 is 14.7 Å². The fourth-order valence-corrected chi connectivity index (χ4v) is 2.57. The van der Waals surface area contributed by atoms with E-state index in [0.717, 1.165) is 19.4 Å². The fourth-order valence-electron chi connectivity index (χ4n) is 2.57. The third-order valence-electron chi connectivity index (χ3n) is 3.59. The Balaban J connectivity index is 2.71. The first-order valence-electron chi connectivity index (χ1n) is 7.07. The molecule has 2 N–H and O–H groups in total. The van der Waals surface area contributed by atoms with Crippen LogP contribution in [-0.4, -0.2) is 66.2 Å². The van der Waals surface area contributed by atoms with Gasteiger partial charge < -0.3 is 20.2 Å². The molecule has 2 atom stereocenters. The van der Waals surface area contributed by atoms with Crippen molar-refractivity contribution in [3.8, 4) is 0 Å². The highest BCUT2D eigenvalue weighted by Gasteiger charge is 2.36. The summed E-state index contributed by atoms with van der Waals surface area (Å²) in [5, 5.41) is 11.9. The third kappa shape index (κ3) is 4.37. The van der Waals surface area contributed by atoms with Crippen molar-refractivity contribution in [2.45, 2.75) is 45.7 Å². The Bertz CT molecular complexity index is 363. The second kappa shape index (κ2) is 6.43. The third-order valence-corrected chi connectivity index (χ3v) is 3.59. The molecular weight excluding hydrogens is 258 g/mol. The van der Waals surface area contributed by atoms with Crippen molar-refractivity contribution >= 4 is 12.0 Å². The number of hydrogen-bond donors (Lipinski definition) is 2. The molecule has 20 heavy (non-hydrogen) atoms. The average molecular weight is 285 g/mol. The molecule has 2 amide bonds. The monoisotopic (exact) mass is 285 g/mol. The number of rotatable bonds is 4. The van der Waals surface area contributed by atoms with Crippen molar-refractivity contribution in [3.05, 3.63) is 0 Å². The van der Waals surface area contributed by atoms with Gasteiger partial charge in [-0.2, -0.15) is 0 Å². The van der Waals surface area contributed by atoms with Gasteiger partial charge in [-0.1, -0.05) is 20.8 Å². The number of carboxylic acids is 1. The number of amides is 2. The summed E-state index contributed by atoms with van der Waals surface area (Å²) in [6.45, 7) is 6.94. The molecule has 0 spiro atoms. The maximum absolute atomic E-state index is 12.3. The van der Waals surface area contributed by atoms with Gasteiger partial charge in [-0.05, 0) is 32.4 Å². The van der Waals surface area contributed by atoms with Gasteiger partial charge in [-0.3, -0.25) is 0 Å². The summed E-state index contributed by atoms with van der Waals surface area (Å²) in [4.78, 5) is 27.5. The molecule has 116 valence electrons. The molecule has 0 saturated carbocycles. The summed E-state index contributed by atoms with van der Waals surface area (Å²) in [7, 11) is 3.95. The molecule has 6 heteroatoms. The van der Waals surface area contributed by atoms with Gasteiger partial charge in [0.25, 0.3) is 0 Å². The van der Waals surface area contributed by atoms with E-state index in [-0.39, 0.29) is 12.1 Å². The summed E-state index contributed by atoms with van der Waals surface area (Å²) < 4.78 is 0. The fraction of sp³-hybridized carbons (Fsp3) is 0.857. The quantitative estimate of drug-likeness (QED) is 0.814. The number of nitrogens with zero attached hydrogens (tertiary/aromatic N) is 2. The van der Waals surface area contributed by atoms with Gasteiger partial charge in [0.15, 0.2) is 0 Å². The van der Waals surface area contributed by atoms with E-state index in [0.29, 0.717) is 6.54 Å². The minimum Gasteiger partial charge on any atom is -0.480 e. The highest BCUT2D eigenvalue weighted by atomic mass is 16.4. The second-order valence-corrected chi connectivity index (χ2v) is 6.84. The number of hydrogen-bond acceptors (Lipinski definition) is 3. The summed E-state index contributed by atoms with van der Waals surface area (Å²) >= 11 is 0. The summed E-state index contributed by atoms with van der Waals surface area (Å²) in [6.07, 6.45) is 1.94. The molecule has 0 aliphatic carbocycles. The molecule has 1 aliphatic rings. The summed E-state index contributed by atoms with van der Waals surface area (Å²) in [5.74, 6) is -0.991. The van der Waals surface area contributed by atoms with E-state index in [1.165, 1.54) is 0 Å². The van der Waals surface area contributed by atoms with Crippen LogP contribution in [0.3, 0.4) is 0 Å². The van der Waals surface area contributed by atoms with Crippen LogP contribution in [-0.2, 0) is 4.79 Å². The van der Waals surface area contributed by atoms with Crippen LogP contribution >= 0.6 is 0 Å². The molecule has 1 rings (SSSR count). The number of likely N-dealkylation sites (N-methyl/N-ethyl adjacent to an activating group) is 1. The van der Waals surface area contributed by atoms with Crippen LogP contribution in [0.25, 0.3) is 0 Å². The summed E-state index contributed by atoms with van der Waals surface area (Å²) in [5.41, 5.74) is -0.516. The Morgan fingerprint density at radius 2 is 2.00 bits per heavy atom. The molecule has 0 bridgehead atoms. The van der Waals surface area contributed by atoms with Crippen LogP contribution in [0.1, 0.15) is 33.6 Å². The van der Waals surface area contributed by atoms with Crippen molar-refractivity contribution in [3.63, 3.8) is 0 Å². The van der Waals surface area contributed by atoms with Gasteiger partial charge in [0, 0.05) is 19.1 Å². The van der Waals surface area contributed by atoms with E-state index < -0.39 is 17.4 Å². The zero-order valence-corrected chi connectivity index (χ0v) is 13.1. The minimum absolute atomic E-state index is 0.166. The van der Waals surface area contributed by atoms with Crippen LogP contribution in [0.15, 0.2) is 0 Å². The van der Waals surface area contributed by atoms with Gasteiger partial charge in [0.1, 0.15) is 6.04 Å². The number of likely N-dealkylation sites (tertiary alicyclic amines) is 1. The van der Waals surface area contributed by atoms with Gasteiger partial charge in [0.2, 0.25) is 0 Å². The SMILES string of the molecule is CN(C)CC1CCCN1C(=O)NC(C(=O)O)C(C)(C)C. The van der Waals surface area contributed by atoms with Gasteiger partial charge in [-0.15, -0.1) is 0 Å². The number of aliphatic carboxylic acids is 1. The van der Waals surface area contributed by atoms with E-state index in [1.54, 1.807) is 4.90 Å². The average Bonchev–Trinajstić information content (AvgIpc) is 2.70. The molecule has 1 fully saturated rings. The Morgan fingerprint density at radius 1 is 1.40 bits per heavy atom. The van der Waals surface area contributed by atoms with Gasteiger partial charge in [-0.25, -0.2) is 9.59 Å². The van der Waals surface area contributed by atoms with Crippen molar-refractivity contribution in [1.29, 1.82) is 0 Å². The maximum atomic E-state index is 12.3. The highest BCUT2D eigenvalue weighted by molar-refractivity contribution is 5.83. The predicted molar refractivity (Wildman–Crippen MR) is 77.7 cm³/mol. The number of carbonyl (C=O) groups is 2. The largest absolute Gasteiger partial charge is 0.480 e. The molecule has 2 unspecified atom stereocenters. The molecule has 1 saturated heterocycles. The first kappa shape index (κ1) is 16.8. The lowest BCUT2D eigenvalue weighted by molar-refractivity contribution is -0.142. The second-order valence-electron chi connectivity index (χ2n) is 6.84.